The number of aryl methyl sites for hydroxylation is 2. The van der Waals surface area contributed by atoms with E-state index in [1.165, 1.54) is 46.0 Å². The molecule has 0 aliphatic heterocycles. The Balaban J connectivity index is 1.16. The van der Waals surface area contributed by atoms with Gasteiger partial charge in [0, 0.05) is 54.0 Å². The Morgan fingerprint density at radius 2 is 1.56 bits per heavy atom. The van der Waals surface area contributed by atoms with Crippen molar-refractivity contribution in [2.45, 2.75) is 55.5 Å². The summed E-state index contributed by atoms with van der Waals surface area (Å²) < 4.78 is 69.8. The van der Waals surface area contributed by atoms with Crippen molar-refractivity contribution in [1.29, 1.82) is 0 Å². The predicted molar refractivity (Wildman–Crippen MR) is 157 cm³/mol. The Morgan fingerprint density at radius 3 is 2.09 bits per heavy atom. The van der Waals surface area contributed by atoms with E-state index < -0.39 is 34.9 Å². The molecule has 2 amide bonds. The molecule has 1 unspecified atom stereocenters. The fraction of sp³-hybridized carbons (Fsp3) is 0.370. The van der Waals surface area contributed by atoms with Crippen molar-refractivity contribution < 1.29 is 36.3 Å². The lowest BCUT2D eigenvalue weighted by molar-refractivity contribution is -0.00121. The zero-order valence-electron chi connectivity index (χ0n) is 23.4. The minimum Gasteiger partial charge on any atom is -0.482 e. The van der Waals surface area contributed by atoms with Crippen molar-refractivity contribution in [3.63, 3.8) is 0 Å². The Hall–Kier alpha value is -4.23. The van der Waals surface area contributed by atoms with Crippen LogP contribution in [0.25, 0.3) is 0 Å². The van der Waals surface area contributed by atoms with E-state index >= 15 is 0 Å². The molecule has 1 atom stereocenters. The number of hydrogen-bond acceptors (Lipinski definition) is 8. The molecule has 0 radical (unpaired) electrons. The van der Waals surface area contributed by atoms with E-state index in [2.05, 4.69) is 36.2 Å². The average molecular weight is 747 g/mol. The van der Waals surface area contributed by atoms with Crippen LogP contribution in [0.2, 0.25) is 0 Å². The third-order valence-electron chi connectivity index (χ3n) is 6.22. The summed E-state index contributed by atoms with van der Waals surface area (Å²) in [6.45, 7) is -0.331. The summed E-state index contributed by atoms with van der Waals surface area (Å²) in [5, 5.41) is 20.9. The first-order valence-electron chi connectivity index (χ1n) is 13.5. The van der Waals surface area contributed by atoms with Gasteiger partial charge < -0.3 is 15.4 Å². The largest absolute Gasteiger partial charge is 0.482 e. The summed E-state index contributed by atoms with van der Waals surface area (Å²) in [7, 11) is 0. The Bertz CT molecular complexity index is 1560. The summed E-state index contributed by atoms with van der Waals surface area (Å²) in [5.74, 6) is -0.923. The van der Waals surface area contributed by atoms with Crippen LogP contribution < -0.4 is 15.4 Å². The van der Waals surface area contributed by atoms with Crippen molar-refractivity contribution in [3.05, 3.63) is 83.2 Å². The Morgan fingerprint density at radius 1 is 0.933 bits per heavy atom. The van der Waals surface area contributed by atoms with E-state index in [4.69, 9.17) is 4.74 Å². The van der Waals surface area contributed by atoms with Crippen molar-refractivity contribution in [3.8, 4) is 5.75 Å². The first-order chi connectivity index (χ1) is 21.5. The van der Waals surface area contributed by atoms with E-state index in [0.29, 0.717) is 37.2 Å². The maximum Gasteiger partial charge on any atom is 0.323 e. The highest BCUT2D eigenvalue weighted by Crippen LogP contribution is 2.34. The van der Waals surface area contributed by atoms with Gasteiger partial charge in [-0.05, 0) is 42.7 Å². The van der Waals surface area contributed by atoms with Gasteiger partial charge in [0.2, 0.25) is 0 Å². The van der Waals surface area contributed by atoms with Crippen molar-refractivity contribution in [2.75, 3.05) is 6.67 Å². The molecule has 12 nitrogen and oxygen atoms in total. The summed E-state index contributed by atoms with van der Waals surface area (Å²) in [6, 6.07) is 8.71. The van der Waals surface area contributed by atoms with Crippen LogP contribution in [0.5, 0.6) is 5.75 Å². The number of carbonyl (C=O) groups is 2. The lowest BCUT2D eigenvalue weighted by Gasteiger charge is -2.15. The van der Waals surface area contributed by atoms with E-state index in [1.54, 1.807) is 12.1 Å². The summed E-state index contributed by atoms with van der Waals surface area (Å²) in [6.07, 6.45) is 0.489. The van der Waals surface area contributed by atoms with Gasteiger partial charge in [0.1, 0.15) is 12.4 Å². The first kappa shape index (κ1) is 33.7. The second-order valence-corrected chi connectivity index (χ2v) is 11.0. The minimum absolute atomic E-state index is 0.0322. The molecule has 240 valence electrons. The summed E-state index contributed by atoms with van der Waals surface area (Å²) >= 11 is 1.02. The van der Waals surface area contributed by atoms with Crippen molar-refractivity contribution in [2.24, 2.45) is 0 Å². The number of alkyl halides is 6. The fourth-order valence-corrected chi connectivity index (χ4v) is 4.17. The second kappa shape index (κ2) is 15.7. The van der Waals surface area contributed by atoms with Gasteiger partial charge in [0.25, 0.3) is 18.2 Å². The number of halogens is 6. The number of rotatable bonds is 16. The molecule has 0 aliphatic carbocycles. The van der Waals surface area contributed by atoms with Gasteiger partial charge in [-0.1, -0.05) is 22.6 Å². The third kappa shape index (κ3) is 10.1. The topological polar surface area (TPSA) is 142 Å². The van der Waals surface area contributed by atoms with Gasteiger partial charge in [-0.2, -0.15) is 8.78 Å². The van der Waals surface area contributed by atoms with Crippen LogP contribution in [0, 0.1) is 0 Å². The highest BCUT2D eigenvalue weighted by Gasteiger charge is 2.27. The van der Waals surface area contributed by atoms with Gasteiger partial charge in [0.05, 0.1) is 24.6 Å². The predicted octanol–water partition coefficient (Wildman–Crippen LogP) is 4.07. The normalized spacial score (nSPS) is 12.2. The molecule has 4 aromatic rings. The van der Waals surface area contributed by atoms with Gasteiger partial charge in [-0.3, -0.25) is 23.9 Å². The quantitative estimate of drug-likeness (QED) is 0.0757. The number of unbranched alkanes of at least 4 members (excludes halogenated alkanes) is 1. The smallest absolute Gasteiger partial charge is 0.323 e. The van der Waals surface area contributed by atoms with Gasteiger partial charge >= 0.3 is 3.93 Å². The molecule has 0 saturated heterocycles. The standard InChI is InChI=1S/C27H27F5IN9O3/c28-11-23(24(29)30)45-20-5-3-4-17(10-20)12-35-25(43)21-15-41(39-37-21)8-1-2-9-42-16-22(38-40-42)26(44)36-14-19-7-6-18(13-34-19)27(31,32)33/h3-7,10,13,15-16,23-24H,1-2,8-9,11-12,14H2,(H,35,43)(H,36,44). The number of amides is 2. The molecule has 4 rings (SSSR count). The molecular weight excluding hydrogens is 720 g/mol. The molecule has 3 heterocycles. The lowest BCUT2D eigenvalue weighted by Crippen LogP contribution is -2.27. The molecule has 18 heteroatoms. The van der Waals surface area contributed by atoms with Crippen LogP contribution in [0.4, 0.5) is 22.0 Å². The second-order valence-electron chi connectivity index (χ2n) is 9.63. The SMILES string of the molecule is O=C(NCc1cccc(OC(CF)C(F)F)c1)c1cn(CCCCn2cc(C(=O)NCc3ccc(C(F)(F)I)cn3)nn2)nn1. The zero-order valence-corrected chi connectivity index (χ0v) is 25.6. The van der Waals surface area contributed by atoms with Gasteiger partial charge in [0.15, 0.2) is 17.5 Å². The molecular formula is C27H27F5IN9O3. The molecule has 0 fully saturated rings. The van der Waals surface area contributed by atoms with Crippen LogP contribution in [-0.4, -0.2) is 66.0 Å². The number of nitrogens with zero attached hydrogens (tertiary/aromatic N) is 7. The van der Waals surface area contributed by atoms with Crippen molar-refractivity contribution >= 4 is 34.4 Å². The third-order valence-corrected chi connectivity index (χ3v) is 6.84. The van der Waals surface area contributed by atoms with Crippen LogP contribution >= 0.6 is 22.6 Å². The summed E-state index contributed by atoms with van der Waals surface area (Å²) in [4.78, 5) is 28.8. The number of pyridine rings is 1. The Labute approximate surface area is 266 Å². The van der Waals surface area contributed by atoms with E-state index in [1.807, 2.05) is 0 Å². The van der Waals surface area contributed by atoms with Crippen LogP contribution in [0.15, 0.2) is 55.0 Å². The molecule has 0 bridgehead atoms. The highest BCUT2D eigenvalue weighted by atomic mass is 127. The first-order valence-corrected chi connectivity index (χ1v) is 14.6. The number of hydrogen-bond donors (Lipinski definition) is 2. The molecule has 2 N–H and O–H groups in total. The molecule has 0 spiro atoms. The summed E-state index contributed by atoms with van der Waals surface area (Å²) in [5.41, 5.74) is 0.909. The maximum atomic E-state index is 13.3. The average Bonchev–Trinajstić information content (AvgIpc) is 3.70. The monoisotopic (exact) mass is 747 g/mol. The van der Waals surface area contributed by atoms with E-state index in [0.717, 1.165) is 28.8 Å². The molecule has 3 aromatic heterocycles. The number of ether oxygens (including phenoxy) is 1. The number of nitrogens with one attached hydrogen (secondary N) is 2. The molecule has 0 aliphatic rings. The Kier molecular flexibility index (Phi) is 11.7. The zero-order chi connectivity index (χ0) is 32.4. The van der Waals surface area contributed by atoms with Crippen molar-refractivity contribution in [1.82, 2.24) is 45.6 Å². The number of carbonyl (C=O) groups excluding carboxylic acids is 2. The van der Waals surface area contributed by atoms with Crippen LogP contribution in [0.1, 0.15) is 50.6 Å². The van der Waals surface area contributed by atoms with Gasteiger partial charge in [-0.15, -0.1) is 10.2 Å². The minimum atomic E-state index is -3.03. The molecule has 0 saturated carbocycles. The fourth-order valence-electron chi connectivity index (χ4n) is 3.86. The number of benzene rings is 1. The maximum absolute atomic E-state index is 13.3. The van der Waals surface area contributed by atoms with E-state index in [9.17, 15) is 31.5 Å². The number of aromatic nitrogens is 7. The van der Waals surface area contributed by atoms with Crippen LogP contribution in [0.3, 0.4) is 0 Å². The molecule has 1 aromatic carbocycles. The highest BCUT2D eigenvalue weighted by molar-refractivity contribution is 14.1. The lowest BCUT2D eigenvalue weighted by atomic mass is 10.2. The van der Waals surface area contributed by atoms with Crippen LogP contribution in [-0.2, 0) is 30.1 Å². The van der Waals surface area contributed by atoms with Gasteiger partial charge in [-0.25, -0.2) is 13.2 Å². The van der Waals surface area contributed by atoms with E-state index in [-0.39, 0.29) is 35.8 Å². The molecule has 45 heavy (non-hydrogen) atoms.